The largest absolute Gasteiger partial charge is 0.507 e. The number of rotatable bonds is 12. The van der Waals surface area contributed by atoms with Crippen LogP contribution in [-0.2, 0) is 9.59 Å². The lowest BCUT2D eigenvalue weighted by molar-refractivity contribution is -0.140. The summed E-state index contributed by atoms with van der Waals surface area (Å²) in [6, 6.07) is 9.21. The summed E-state index contributed by atoms with van der Waals surface area (Å²) in [4.78, 5) is 30.4. The van der Waals surface area contributed by atoms with E-state index in [2.05, 4.69) is 18.7 Å². The zero-order valence-corrected chi connectivity index (χ0v) is 23.3. The number of likely N-dealkylation sites (tertiary alicyclic amines) is 1. The molecule has 2 aromatic carbocycles. The van der Waals surface area contributed by atoms with Gasteiger partial charge in [0, 0.05) is 18.7 Å². The summed E-state index contributed by atoms with van der Waals surface area (Å²) in [7, 11) is 0. The van der Waals surface area contributed by atoms with E-state index in [9.17, 15) is 19.8 Å². The Kier molecular flexibility index (Phi) is 9.80. The van der Waals surface area contributed by atoms with Gasteiger partial charge < -0.3 is 29.5 Å². The van der Waals surface area contributed by atoms with E-state index in [0.717, 1.165) is 18.7 Å². The maximum atomic E-state index is 13.4. The van der Waals surface area contributed by atoms with Gasteiger partial charge in [0.2, 0.25) is 0 Å². The van der Waals surface area contributed by atoms with Crippen LogP contribution in [0, 0.1) is 12.8 Å². The van der Waals surface area contributed by atoms with Crippen LogP contribution in [0.15, 0.2) is 42.0 Å². The fourth-order valence-corrected chi connectivity index (χ4v) is 4.62. The van der Waals surface area contributed by atoms with E-state index in [0.29, 0.717) is 49.1 Å². The topological polar surface area (TPSA) is 99.5 Å². The van der Waals surface area contributed by atoms with Crippen molar-refractivity contribution in [1.82, 2.24) is 9.80 Å². The van der Waals surface area contributed by atoms with Gasteiger partial charge in [0.25, 0.3) is 11.7 Å². The van der Waals surface area contributed by atoms with E-state index >= 15 is 0 Å². The summed E-state index contributed by atoms with van der Waals surface area (Å²) in [6.45, 7) is 15.2. The molecule has 0 unspecified atom stereocenters. The molecule has 1 fully saturated rings. The molecular formula is C30H40N2O6. The monoisotopic (exact) mass is 524 g/mol. The normalized spacial score (nSPS) is 17.1. The fourth-order valence-electron chi connectivity index (χ4n) is 4.62. The number of nitrogens with zero attached hydrogens (tertiary/aromatic N) is 2. The Labute approximate surface area is 225 Å². The molecule has 1 aliphatic rings. The molecule has 0 radical (unpaired) electrons. The van der Waals surface area contributed by atoms with Crippen LogP contribution < -0.4 is 9.47 Å². The van der Waals surface area contributed by atoms with Crippen LogP contribution in [0.4, 0.5) is 0 Å². The fraction of sp³-hybridized carbons (Fsp3) is 0.467. The summed E-state index contributed by atoms with van der Waals surface area (Å²) >= 11 is 0. The molecule has 1 saturated heterocycles. The van der Waals surface area contributed by atoms with Gasteiger partial charge >= 0.3 is 0 Å². The van der Waals surface area contributed by atoms with Crippen molar-refractivity contribution in [3.63, 3.8) is 0 Å². The molecular weight excluding hydrogens is 484 g/mol. The van der Waals surface area contributed by atoms with Crippen molar-refractivity contribution < 1.29 is 29.3 Å². The third-order valence-corrected chi connectivity index (χ3v) is 6.73. The highest BCUT2D eigenvalue weighted by Gasteiger charge is 2.46. The minimum absolute atomic E-state index is 0.0154. The molecule has 2 aromatic rings. The summed E-state index contributed by atoms with van der Waals surface area (Å²) in [5.74, 6) is -0.392. The summed E-state index contributed by atoms with van der Waals surface area (Å²) in [6.07, 6.45) is 0. The van der Waals surface area contributed by atoms with Crippen LogP contribution in [0.25, 0.3) is 5.76 Å². The average Bonchev–Trinajstić information content (AvgIpc) is 3.14. The molecule has 0 spiro atoms. The van der Waals surface area contributed by atoms with E-state index in [1.165, 1.54) is 11.0 Å². The predicted octanol–water partition coefficient (Wildman–Crippen LogP) is 4.90. The number of likely N-dealkylation sites (N-methyl/N-ethyl adjacent to an activating group) is 1. The van der Waals surface area contributed by atoms with Gasteiger partial charge in [-0.25, -0.2) is 0 Å². The van der Waals surface area contributed by atoms with E-state index in [1.807, 2.05) is 26.8 Å². The number of aliphatic hydroxyl groups is 1. The Hall–Kier alpha value is -3.52. The first kappa shape index (κ1) is 29.0. The standard InChI is InChI=1S/C30H40N2O6/c1-7-31(8-2)14-15-32-27(21-10-13-24(33)25(17-21)37-9-3)26(29(35)30(32)36)28(34)23-12-11-22(16-20(23)6)38-18-19(4)5/h10-13,16-17,19,27,33-34H,7-9,14-15,18H2,1-6H3/t27-/m0/s1. The number of carbonyl (C=O) groups excluding carboxylic acids is 2. The SMILES string of the molecule is CCOc1cc([C@H]2C(=C(O)c3ccc(OCC(C)C)cc3C)C(=O)C(=O)N2CCN(CC)CC)ccc1O. The van der Waals surface area contributed by atoms with Crippen molar-refractivity contribution in [3.8, 4) is 17.2 Å². The van der Waals surface area contributed by atoms with Crippen molar-refractivity contribution in [2.75, 3.05) is 39.4 Å². The quantitative estimate of drug-likeness (QED) is 0.231. The number of aliphatic hydroxyl groups excluding tert-OH is 1. The first-order valence-corrected chi connectivity index (χ1v) is 13.3. The Balaban J connectivity index is 2.12. The molecule has 3 rings (SSSR count). The molecule has 1 aliphatic heterocycles. The number of phenols is 1. The Bertz CT molecular complexity index is 1190. The minimum atomic E-state index is -0.832. The number of benzene rings is 2. The number of ether oxygens (including phenoxy) is 2. The van der Waals surface area contributed by atoms with Gasteiger partial charge in [-0.05, 0) is 74.3 Å². The second kappa shape index (κ2) is 12.8. The number of amides is 1. The summed E-state index contributed by atoms with van der Waals surface area (Å²) in [5.41, 5.74) is 1.76. The summed E-state index contributed by atoms with van der Waals surface area (Å²) in [5, 5.41) is 21.8. The number of ketones is 1. The smallest absolute Gasteiger partial charge is 0.295 e. The predicted molar refractivity (Wildman–Crippen MR) is 148 cm³/mol. The molecule has 1 heterocycles. The number of hydrogen-bond donors (Lipinski definition) is 2. The number of hydrogen-bond acceptors (Lipinski definition) is 7. The molecule has 38 heavy (non-hydrogen) atoms. The molecule has 0 bridgehead atoms. The van der Waals surface area contributed by atoms with Crippen LogP contribution in [-0.4, -0.2) is 71.1 Å². The maximum absolute atomic E-state index is 13.4. The molecule has 1 atom stereocenters. The second-order valence-electron chi connectivity index (χ2n) is 9.86. The molecule has 0 aromatic heterocycles. The van der Waals surface area contributed by atoms with Crippen LogP contribution >= 0.6 is 0 Å². The van der Waals surface area contributed by atoms with Gasteiger partial charge in [-0.2, -0.15) is 0 Å². The van der Waals surface area contributed by atoms with Crippen molar-refractivity contribution in [3.05, 3.63) is 58.7 Å². The number of aryl methyl sites for hydroxylation is 1. The van der Waals surface area contributed by atoms with E-state index in [1.54, 1.807) is 31.2 Å². The lowest BCUT2D eigenvalue weighted by Gasteiger charge is -2.28. The molecule has 0 saturated carbocycles. The molecule has 0 aliphatic carbocycles. The molecule has 2 N–H and O–H groups in total. The first-order valence-electron chi connectivity index (χ1n) is 13.3. The Morgan fingerprint density at radius 2 is 1.76 bits per heavy atom. The average molecular weight is 525 g/mol. The zero-order chi connectivity index (χ0) is 28.0. The molecule has 8 heteroatoms. The Morgan fingerprint density at radius 3 is 2.37 bits per heavy atom. The van der Waals surface area contributed by atoms with Gasteiger partial charge in [-0.15, -0.1) is 0 Å². The van der Waals surface area contributed by atoms with Crippen LogP contribution in [0.1, 0.15) is 57.4 Å². The third-order valence-electron chi connectivity index (χ3n) is 6.73. The molecule has 8 nitrogen and oxygen atoms in total. The number of aromatic hydroxyl groups is 1. The minimum Gasteiger partial charge on any atom is -0.507 e. The van der Waals surface area contributed by atoms with Crippen molar-refractivity contribution in [1.29, 1.82) is 0 Å². The first-order chi connectivity index (χ1) is 18.1. The second-order valence-corrected chi connectivity index (χ2v) is 9.86. The van der Waals surface area contributed by atoms with Gasteiger partial charge in [-0.3, -0.25) is 9.59 Å². The van der Waals surface area contributed by atoms with E-state index in [4.69, 9.17) is 9.47 Å². The number of carbonyl (C=O) groups is 2. The zero-order valence-electron chi connectivity index (χ0n) is 23.3. The highest BCUT2D eigenvalue weighted by Crippen LogP contribution is 2.42. The van der Waals surface area contributed by atoms with Gasteiger partial charge in [0.1, 0.15) is 11.5 Å². The highest BCUT2D eigenvalue weighted by molar-refractivity contribution is 6.46. The molecule has 206 valence electrons. The van der Waals surface area contributed by atoms with Crippen molar-refractivity contribution >= 4 is 17.4 Å². The van der Waals surface area contributed by atoms with Crippen LogP contribution in [0.2, 0.25) is 0 Å². The number of phenolic OH excluding ortho intramolecular Hbond substituents is 1. The van der Waals surface area contributed by atoms with Gasteiger partial charge in [0.15, 0.2) is 11.5 Å². The van der Waals surface area contributed by atoms with E-state index < -0.39 is 17.7 Å². The lowest BCUT2D eigenvalue weighted by Crippen LogP contribution is -2.38. The highest BCUT2D eigenvalue weighted by atomic mass is 16.5. The van der Waals surface area contributed by atoms with Crippen LogP contribution in [0.3, 0.4) is 0 Å². The maximum Gasteiger partial charge on any atom is 0.295 e. The van der Waals surface area contributed by atoms with E-state index in [-0.39, 0.29) is 22.8 Å². The van der Waals surface area contributed by atoms with Crippen molar-refractivity contribution in [2.24, 2.45) is 5.92 Å². The Morgan fingerprint density at radius 1 is 1.05 bits per heavy atom. The van der Waals surface area contributed by atoms with Crippen molar-refractivity contribution in [2.45, 2.75) is 47.6 Å². The summed E-state index contributed by atoms with van der Waals surface area (Å²) < 4.78 is 11.4. The van der Waals surface area contributed by atoms with Gasteiger partial charge in [0.05, 0.1) is 24.8 Å². The van der Waals surface area contributed by atoms with Crippen LogP contribution in [0.5, 0.6) is 17.2 Å². The molecule has 1 amide bonds. The third kappa shape index (κ3) is 6.30. The number of Topliss-reactive ketones (excluding diaryl/α,β-unsaturated/α-hetero) is 1. The van der Waals surface area contributed by atoms with Gasteiger partial charge in [-0.1, -0.05) is 33.8 Å². The lowest BCUT2D eigenvalue weighted by atomic mass is 9.93.